The maximum absolute atomic E-state index is 11.3. The minimum absolute atomic E-state index is 0.0847. The summed E-state index contributed by atoms with van der Waals surface area (Å²) in [6, 6.07) is 3.34. The number of halogens is 1. The molecule has 0 unspecified atom stereocenters. The highest BCUT2D eigenvalue weighted by Gasteiger charge is 2.15. The predicted molar refractivity (Wildman–Crippen MR) is 61.4 cm³/mol. The minimum Gasteiger partial charge on any atom is -0.486 e. The van der Waals surface area contributed by atoms with Gasteiger partial charge in [-0.15, -0.1) is 0 Å². The molecule has 1 aromatic rings. The number of rotatable bonds is 2. The number of nitrogens with one attached hydrogen (secondary N) is 1. The molecule has 0 bridgehead atoms. The van der Waals surface area contributed by atoms with Gasteiger partial charge in [0.25, 0.3) is 0 Å². The van der Waals surface area contributed by atoms with E-state index in [1.54, 1.807) is 19.1 Å². The van der Waals surface area contributed by atoms with E-state index >= 15 is 0 Å². The van der Waals surface area contributed by atoms with E-state index < -0.39 is 0 Å². The first kappa shape index (κ1) is 11.1. The molecule has 1 aliphatic heterocycles. The van der Waals surface area contributed by atoms with Gasteiger partial charge in [0, 0.05) is 18.6 Å². The molecule has 1 N–H and O–H groups in total. The van der Waals surface area contributed by atoms with Gasteiger partial charge < -0.3 is 14.8 Å². The van der Waals surface area contributed by atoms with Gasteiger partial charge in [0.15, 0.2) is 11.5 Å². The summed E-state index contributed by atoms with van der Waals surface area (Å²) in [5.74, 6) is 1.14. The highest BCUT2D eigenvalue weighted by atomic mass is 35.5. The van der Waals surface area contributed by atoms with Crippen LogP contribution in [0.3, 0.4) is 0 Å². The summed E-state index contributed by atoms with van der Waals surface area (Å²) < 4.78 is 10.8. The predicted octanol–water partition coefficient (Wildman–Crippen LogP) is 2.46. The average molecular weight is 242 g/mol. The van der Waals surface area contributed by atoms with Crippen LogP contribution in [-0.4, -0.2) is 19.1 Å². The lowest BCUT2D eigenvalue weighted by Gasteiger charge is -2.19. The summed E-state index contributed by atoms with van der Waals surface area (Å²) in [6.07, 6.45) is 0.408. The largest absolute Gasteiger partial charge is 0.486 e. The van der Waals surface area contributed by atoms with Gasteiger partial charge in [-0.2, -0.15) is 0 Å². The maximum atomic E-state index is 11.3. The van der Waals surface area contributed by atoms with Crippen LogP contribution in [0.2, 0.25) is 5.02 Å². The van der Waals surface area contributed by atoms with Crippen molar-refractivity contribution in [2.24, 2.45) is 0 Å². The van der Waals surface area contributed by atoms with E-state index in [-0.39, 0.29) is 5.91 Å². The van der Waals surface area contributed by atoms with E-state index in [2.05, 4.69) is 5.32 Å². The lowest BCUT2D eigenvalue weighted by Crippen LogP contribution is -2.16. The van der Waals surface area contributed by atoms with Gasteiger partial charge in [-0.3, -0.25) is 4.79 Å². The van der Waals surface area contributed by atoms with Crippen molar-refractivity contribution in [3.8, 4) is 11.5 Å². The lowest BCUT2D eigenvalue weighted by atomic mass is 10.2. The summed E-state index contributed by atoms with van der Waals surface area (Å²) in [5.41, 5.74) is 0.553. The van der Waals surface area contributed by atoms with Crippen LogP contribution in [0.4, 0.5) is 5.69 Å². The molecule has 16 heavy (non-hydrogen) atoms. The van der Waals surface area contributed by atoms with Crippen LogP contribution in [0.15, 0.2) is 12.1 Å². The van der Waals surface area contributed by atoms with Gasteiger partial charge in [-0.25, -0.2) is 0 Å². The minimum atomic E-state index is -0.0847. The summed E-state index contributed by atoms with van der Waals surface area (Å²) in [4.78, 5) is 11.3. The van der Waals surface area contributed by atoms with Crippen LogP contribution >= 0.6 is 11.6 Å². The topological polar surface area (TPSA) is 47.6 Å². The molecule has 5 heteroatoms. The van der Waals surface area contributed by atoms with Crippen molar-refractivity contribution in [1.29, 1.82) is 0 Å². The number of carbonyl (C=O) groups is 1. The van der Waals surface area contributed by atoms with E-state index in [1.807, 2.05) is 0 Å². The number of amides is 1. The van der Waals surface area contributed by atoms with Crippen LogP contribution in [0.5, 0.6) is 11.5 Å². The Morgan fingerprint density at radius 2 is 2.00 bits per heavy atom. The zero-order valence-electron chi connectivity index (χ0n) is 8.88. The molecule has 2 rings (SSSR count). The third-order valence-electron chi connectivity index (χ3n) is 2.23. The summed E-state index contributed by atoms with van der Waals surface area (Å²) in [5, 5.41) is 3.15. The van der Waals surface area contributed by atoms with E-state index in [4.69, 9.17) is 21.1 Å². The second-order valence-electron chi connectivity index (χ2n) is 3.38. The van der Waals surface area contributed by atoms with Gasteiger partial charge >= 0.3 is 0 Å². The Morgan fingerprint density at radius 1 is 1.38 bits per heavy atom. The van der Waals surface area contributed by atoms with Crippen molar-refractivity contribution < 1.29 is 14.3 Å². The fourth-order valence-electron chi connectivity index (χ4n) is 1.40. The van der Waals surface area contributed by atoms with Crippen LogP contribution < -0.4 is 14.8 Å². The van der Waals surface area contributed by atoms with Gasteiger partial charge in [-0.1, -0.05) is 18.5 Å². The quantitative estimate of drug-likeness (QED) is 0.865. The zero-order valence-corrected chi connectivity index (χ0v) is 9.63. The lowest BCUT2D eigenvalue weighted by molar-refractivity contribution is -0.115. The highest BCUT2D eigenvalue weighted by Crippen LogP contribution is 2.37. The van der Waals surface area contributed by atoms with Crippen molar-refractivity contribution in [3.05, 3.63) is 17.2 Å². The number of benzene rings is 1. The Labute approximate surface area is 98.5 Å². The van der Waals surface area contributed by atoms with Crippen molar-refractivity contribution in [2.75, 3.05) is 18.5 Å². The Kier molecular flexibility index (Phi) is 3.19. The molecule has 0 aliphatic carbocycles. The van der Waals surface area contributed by atoms with Crippen LogP contribution in [0, 0.1) is 0 Å². The molecule has 1 amide bonds. The molecule has 1 aromatic carbocycles. The van der Waals surface area contributed by atoms with Gasteiger partial charge in [-0.05, 0) is 0 Å². The van der Waals surface area contributed by atoms with Crippen molar-refractivity contribution >= 4 is 23.2 Å². The SMILES string of the molecule is CCC(=O)Nc1cc2c(cc1Cl)OCCO2. The Morgan fingerprint density at radius 3 is 2.62 bits per heavy atom. The van der Waals surface area contributed by atoms with E-state index in [0.717, 1.165) is 0 Å². The van der Waals surface area contributed by atoms with Gasteiger partial charge in [0.1, 0.15) is 13.2 Å². The zero-order chi connectivity index (χ0) is 11.5. The Balaban J connectivity index is 2.28. The molecule has 1 heterocycles. The first-order valence-electron chi connectivity index (χ1n) is 5.09. The Hall–Kier alpha value is -1.42. The van der Waals surface area contributed by atoms with E-state index in [0.29, 0.717) is 41.8 Å². The smallest absolute Gasteiger partial charge is 0.224 e. The average Bonchev–Trinajstić information content (AvgIpc) is 2.30. The normalized spacial score (nSPS) is 13.4. The number of hydrogen-bond donors (Lipinski definition) is 1. The van der Waals surface area contributed by atoms with Crippen LogP contribution in [-0.2, 0) is 4.79 Å². The molecule has 4 nitrogen and oxygen atoms in total. The molecule has 0 radical (unpaired) electrons. The standard InChI is InChI=1S/C11H12ClNO3/c1-2-11(14)13-8-6-10-9(5-7(8)12)15-3-4-16-10/h5-6H,2-4H2,1H3,(H,13,14). The monoisotopic (exact) mass is 241 g/mol. The summed E-state index contributed by atoms with van der Waals surface area (Å²) >= 11 is 6.01. The maximum Gasteiger partial charge on any atom is 0.224 e. The van der Waals surface area contributed by atoms with Crippen molar-refractivity contribution in [3.63, 3.8) is 0 Å². The molecular formula is C11H12ClNO3. The number of fused-ring (bicyclic) bond motifs is 1. The second-order valence-corrected chi connectivity index (χ2v) is 3.78. The third kappa shape index (κ3) is 2.22. The first-order chi connectivity index (χ1) is 7.70. The van der Waals surface area contributed by atoms with Gasteiger partial charge in [0.2, 0.25) is 5.91 Å². The van der Waals surface area contributed by atoms with Crippen molar-refractivity contribution in [1.82, 2.24) is 0 Å². The molecule has 0 atom stereocenters. The molecule has 1 aliphatic rings. The van der Waals surface area contributed by atoms with E-state index in [1.165, 1.54) is 0 Å². The molecular weight excluding hydrogens is 230 g/mol. The Bertz CT molecular complexity index is 420. The molecule has 0 aromatic heterocycles. The summed E-state index contributed by atoms with van der Waals surface area (Å²) in [7, 11) is 0. The molecule has 0 saturated heterocycles. The van der Waals surface area contributed by atoms with Crippen molar-refractivity contribution in [2.45, 2.75) is 13.3 Å². The fraction of sp³-hybridized carbons (Fsp3) is 0.364. The number of anilines is 1. The molecule has 86 valence electrons. The number of carbonyl (C=O) groups excluding carboxylic acids is 1. The third-order valence-corrected chi connectivity index (χ3v) is 2.54. The van der Waals surface area contributed by atoms with E-state index in [9.17, 15) is 4.79 Å². The fourth-order valence-corrected chi connectivity index (χ4v) is 1.60. The van der Waals surface area contributed by atoms with Gasteiger partial charge in [0.05, 0.1) is 10.7 Å². The molecule has 0 spiro atoms. The first-order valence-corrected chi connectivity index (χ1v) is 5.47. The second kappa shape index (κ2) is 4.61. The van der Waals surface area contributed by atoms with Crippen LogP contribution in [0.25, 0.3) is 0 Å². The van der Waals surface area contributed by atoms with Crippen LogP contribution in [0.1, 0.15) is 13.3 Å². The number of ether oxygens (including phenoxy) is 2. The highest BCUT2D eigenvalue weighted by molar-refractivity contribution is 6.34. The number of hydrogen-bond acceptors (Lipinski definition) is 3. The molecule has 0 fully saturated rings. The molecule has 0 saturated carbocycles. The summed E-state index contributed by atoms with van der Waals surface area (Å²) in [6.45, 7) is 2.81.